The molecular formula is C21H27F2N7O3. The summed E-state index contributed by atoms with van der Waals surface area (Å²) in [5, 5.41) is 34.6. The zero-order chi connectivity index (χ0) is 23.4. The Hall–Kier alpha value is -2.43. The van der Waals surface area contributed by atoms with Crippen molar-refractivity contribution in [3.63, 3.8) is 0 Å². The fraction of sp³-hybridized carbons (Fsp3) is 0.667. The number of piperidine rings is 1. The van der Waals surface area contributed by atoms with Crippen LogP contribution in [0, 0.1) is 11.3 Å². The van der Waals surface area contributed by atoms with Gasteiger partial charge in [0.05, 0.1) is 31.0 Å². The minimum absolute atomic E-state index is 0.0724. The number of hydrogen-bond acceptors (Lipinski definition) is 9. The standard InChI is InChI=1S/C21H27F2N7O3/c22-21(23)10-20(3-6-28(7-4-20)8-5-24)29(11-21)9-15-16(31)17(32)18(33-15)13-1-2-14-19(25)26-12-27-30(13)14/h1-2,12,15-18,31-32H,3-4,6-11H2,(H2,25,26,27)/t15-,16-,17-,18+/m1/s1. The van der Waals surface area contributed by atoms with Gasteiger partial charge in [-0.1, -0.05) is 0 Å². The molecular weight excluding hydrogens is 436 g/mol. The van der Waals surface area contributed by atoms with Crippen LogP contribution in [0.2, 0.25) is 0 Å². The molecule has 3 saturated heterocycles. The highest BCUT2D eigenvalue weighted by atomic mass is 19.3. The first kappa shape index (κ1) is 22.4. The van der Waals surface area contributed by atoms with Crippen LogP contribution in [-0.2, 0) is 4.74 Å². The number of alkyl halides is 2. The predicted octanol–water partition coefficient (Wildman–Crippen LogP) is 0.172. The Labute approximate surface area is 189 Å². The molecule has 4 N–H and O–H groups in total. The number of aliphatic hydroxyl groups is 2. The lowest BCUT2D eigenvalue weighted by molar-refractivity contribution is -0.0399. The van der Waals surface area contributed by atoms with Gasteiger partial charge >= 0.3 is 0 Å². The highest BCUT2D eigenvalue weighted by molar-refractivity contribution is 5.65. The number of nitrogens with two attached hydrogens (primary N) is 1. The Morgan fingerprint density at radius 1 is 1.24 bits per heavy atom. The van der Waals surface area contributed by atoms with Gasteiger partial charge in [-0.15, -0.1) is 0 Å². The van der Waals surface area contributed by atoms with Crippen molar-refractivity contribution in [2.24, 2.45) is 0 Å². The highest BCUT2D eigenvalue weighted by Gasteiger charge is 2.57. The van der Waals surface area contributed by atoms with E-state index in [9.17, 15) is 19.0 Å². The van der Waals surface area contributed by atoms with Gasteiger partial charge in [-0.05, 0) is 25.0 Å². The van der Waals surface area contributed by atoms with E-state index in [1.807, 2.05) is 4.90 Å². The Morgan fingerprint density at radius 2 is 2.00 bits per heavy atom. The maximum Gasteiger partial charge on any atom is 0.262 e. The van der Waals surface area contributed by atoms with Crippen LogP contribution in [0.4, 0.5) is 14.6 Å². The van der Waals surface area contributed by atoms with Crippen LogP contribution in [0.1, 0.15) is 31.1 Å². The summed E-state index contributed by atoms with van der Waals surface area (Å²) in [6.45, 7) is 1.07. The van der Waals surface area contributed by atoms with E-state index in [0.29, 0.717) is 37.1 Å². The molecule has 1 spiro atoms. The van der Waals surface area contributed by atoms with E-state index in [0.717, 1.165) is 0 Å². The molecule has 0 aromatic carbocycles. The third kappa shape index (κ3) is 3.83. The van der Waals surface area contributed by atoms with Crippen LogP contribution in [0.3, 0.4) is 0 Å². The SMILES string of the molecule is N#CCN1CCC2(CC1)CC(F)(F)CN2C[C@H]1O[C@@H](c2ccc3c(N)ncnn23)[C@H](O)[C@@H]1O. The van der Waals surface area contributed by atoms with E-state index in [-0.39, 0.29) is 25.3 Å². The number of nitrogens with zero attached hydrogens (tertiary/aromatic N) is 6. The van der Waals surface area contributed by atoms with Crippen molar-refractivity contribution in [2.75, 3.05) is 38.5 Å². The molecule has 0 amide bonds. The predicted molar refractivity (Wildman–Crippen MR) is 112 cm³/mol. The summed E-state index contributed by atoms with van der Waals surface area (Å²) >= 11 is 0. The lowest BCUT2D eigenvalue weighted by atomic mass is 9.84. The van der Waals surface area contributed by atoms with Crippen molar-refractivity contribution in [1.82, 2.24) is 24.4 Å². The smallest absolute Gasteiger partial charge is 0.262 e. The Balaban J connectivity index is 1.35. The van der Waals surface area contributed by atoms with Crippen LogP contribution >= 0.6 is 0 Å². The molecule has 4 atom stereocenters. The molecule has 0 aliphatic carbocycles. The summed E-state index contributed by atoms with van der Waals surface area (Å²) in [6, 6.07) is 5.51. The Morgan fingerprint density at radius 3 is 2.73 bits per heavy atom. The van der Waals surface area contributed by atoms with Crippen LogP contribution in [-0.4, -0.2) is 97.1 Å². The first-order valence-corrected chi connectivity index (χ1v) is 11.0. The number of hydrogen-bond donors (Lipinski definition) is 3. The molecule has 3 aliphatic rings. The lowest BCUT2D eigenvalue weighted by Crippen LogP contribution is -2.54. The maximum atomic E-state index is 14.5. The van der Waals surface area contributed by atoms with Crippen LogP contribution in [0.15, 0.2) is 18.5 Å². The third-order valence-corrected chi connectivity index (χ3v) is 7.33. The van der Waals surface area contributed by atoms with Crippen molar-refractivity contribution in [1.29, 1.82) is 5.26 Å². The average Bonchev–Trinajstić information content (AvgIpc) is 3.39. The molecule has 0 unspecified atom stereocenters. The summed E-state index contributed by atoms with van der Waals surface area (Å²) in [6.07, 6.45) is -2.18. The van der Waals surface area contributed by atoms with Gasteiger partial charge in [0.15, 0.2) is 5.82 Å². The van der Waals surface area contributed by atoms with Gasteiger partial charge in [0.1, 0.15) is 30.2 Å². The Bertz CT molecular complexity index is 1070. The summed E-state index contributed by atoms with van der Waals surface area (Å²) in [5.74, 6) is -2.57. The van der Waals surface area contributed by atoms with Gasteiger partial charge in [0, 0.05) is 31.6 Å². The van der Waals surface area contributed by atoms with E-state index >= 15 is 0 Å². The molecule has 0 radical (unpaired) electrons. The normalized spacial score (nSPS) is 32.0. The molecule has 5 rings (SSSR count). The molecule has 33 heavy (non-hydrogen) atoms. The van der Waals surface area contributed by atoms with Gasteiger partial charge in [0.25, 0.3) is 5.92 Å². The van der Waals surface area contributed by atoms with Crippen molar-refractivity contribution in [3.8, 4) is 6.07 Å². The van der Waals surface area contributed by atoms with Crippen LogP contribution in [0.25, 0.3) is 5.52 Å². The highest BCUT2D eigenvalue weighted by Crippen LogP contribution is 2.46. The molecule has 10 nitrogen and oxygen atoms in total. The zero-order valence-corrected chi connectivity index (χ0v) is 18.0. The minimum atomic E-state index is -2.84. The monoisotopic (exact) mass is 463 g/mol. The quantitative estimate of drug-likeness (QED) is 0.542. The fourth-order valence-electron chi connectivity index (χ4n) is 5.62. The summed E-state index contributed by atoms with van der Waals surface area (Å²) < 4.78 is 36.6. The molecule has 2 aromatic rings. The number of aliphatic hydroxyl groups excluding tert-OH is 2. The first-order valence-electron chi connectivity index (χ1n) is 11.0. The second-order valence-electron chi connectivity index (χ2n) is 9.35. The van der Waals surface area contributed by atoms with Crippen LogP contribution in [0.5, 0.6) is 0 Å². The van der Waals surface area contributed by atoms with E-state index in [4.69, 9.17) is 15.7 Å². The number of fused-ring (bicyclic) bond motifs is 1. The number of aromatic nitrogens is 3. The number of rotatable bonds is 4. The summed E-state index contributed by atoms with van der Waals surface area (Å²) in [4.78, 5) is 7.62. The topological polar surface area (TPSA) is 136 Å². The number of nitrogen functional groups attached to an aromatic ring is 1. The Kier molecular flexibility index (Phi) is 5.49. The number of anilines is 1. The number of likely N-dealkylation sites (tertiary alicyclic amines) is 2. The van der Waals surface area contributed by atoms with Gasteiger partial charge in [-0.3, -0.25) is 9.80 Å². The number of halogens is 2. The lowest BCUT2D eigenvalue weighted by Gasteiger charge is -2.44. The molecule has 3 aliphatic heterocycles. The van der Waals surface area contributed by atoms with Crippen LogP contribution < -0.4 is 5.73 Å². The van der Waals surface area contributed by atoms with Gasteiger partial charge in [-0.25, -0.2) is 18.3 Å². The minimum Gasteiger partial charge on any atom is -0.388 e. The molecule has 0 saturated carbocycles. The van der Waals surface area contributed by atoms with E-state index in [2.05, 4.69) is 16.2 Å². The number of nitriles is 1. The fourth-order valence-corrected chi connectivity index (χ4v) is 5.62. The first-order chi connectivity index (χ1) is 15.7. The average molecular weight is 463 g/mol. The summed E-state index contributed by atoms with van der Waals surface area (Å²) in [5.41, 5.74) is 6.20. The molecule has 178 valence electrons. The van der Waals surface area contributed by atoms with E-state index in [1.54, 1.807) is 17.0 Å². The second kappa shape index (κ2) is 8.11. The molecule has 2 aromatic heterocycles. The van der Waals surface area contributed by atoms with Crippen molar-refractivity contribution < 1.29 is 23.7 Å². The molecule has 12 heteroatoms. The van der Waals surface area contributed by atoms with Crippen molar-refractivity contribution >= 4 is 11.3 Å². The van der Waals surface area contributed by atoms with Gasteiger partial charge < -0.3 is 20.7 Å². The third-order valence-electron chi connectivity index (χ3n) is 7.33. The van der Waals surface area contributed by atoms with Crippen molar-refractivity contribution in [3.05, 3.63) is 24.2 Å². The zero-order valence-electron chi connectivity index (χ0n) is 18.0. The maximum absolute atomic E-state index is 14.5. The van der Waals surface area contributed by atoms with Crippen molar-refractivity contribution in [2.45, 2.75) is 55.1 Å². The van der Waals surface area contributed by atoms with Gasteiger partial charge in [-0.2, -0.15) is 10.4 Å². The van der Waals surface area contributed by atoms with E-state index in [1.165, 1.54) is 10.8 Å². The molecule has 5 heterocycles. The largest absolute Gasteiger partial charge is 0.388 e. The number of ether oxygens (including phenoxy) is 1. The molecule has 0 bridgehead atoms. The van der Waals surface area contributed by atoms with E-state index < -0.39 is 42.4 Å². The second-order valence-corrected chi connectivity index (χ2v) is 9.35. The molecule has 3 fully saturated rings. The summed E-state index contributed by atoms with van der Waals surface area (Å²) in [7, 11) is 0. The van der Waals surface area contributed by atoms with Gasteiger partial charge in [0.2, 0.25) is 0 Å².